The van der Waals surface area contributed by atoms with Crippen LogP contribution in [0.2, 0.25) is 0 Å². The molecule has 0 aliphatic rings. The first-order valence-corrected chi connectivity index (χ1v) is 7.37. The first-order chi connectivity index (χ1) is 9.29. The van der Waals surface area contributed by atoms with Gasteiger partial charge in [-0.3, -0.25) is 0 Å². The molecule has 1 aromatic rings. The van der Waals surface area contributed by atoms with E-state index in [1.807, 2.05) is 6.07 Å². The zero-order chi connectivity index (χ0) is 13.9. The third-order valence-electron chi connectivity index (χ3n) is 2.61. The Morgan fingerprint density at radius 1 is 1.21 bits per heavy atom. The predicted octanol–water partition coefficient (Wildman–Crippen LogP) is 2.69. The van der Waals surface area contributed by atoms with Crippen LogP contribution in [0.5, 0.6) is 0 Å². The van der Waals surface area contributed by atoms with Crippen LogP contribution in [0.25, 0.3) is 0 Å². The standard InChI is InChI=1S/C14H22FNO2S/c1-17-8-4-10-19-14-6-3-5-13(15)12(14)11-16-7-9-18-2/h3,5-6,16H,4,7-11H2,1-2H3. The lowest BCUT2D eigenvalue weighted by molar-refractivity contribution is 0.199. The molecule has 0 aliphatic heterocycles. The highest BCUT2D eigenvalue weighted by Crippen LogP contribution is 2.25. The number of rotatable bonds is 10. The summed E-state index contributed by atoms with van der Waals surface area (Å²) in [6.45, 7) is 2.62. The SMILES string of the molecule is COCCCSc1cccc(F)c1CNCCOC. The maximum atomic E-state index is 13.8. The van der Waals surface area contributed by atoms with Crippen LogP contribution in [0.4, 0.5) is 4.39 Å². The summed E-state index contributed by atoms with van der Waals surface area (Å²) in [5, 5.41) is 3.18. The zero-order valence-electron chi connectivity index (χ0n) is 11.6. The second kappa shape index (κ2) is 10.2. The van der Waals surface area contributed by atoms with Crippen molar-refractivity contribution in [1.82, 2.24) is 5.32 Å². The summed E-state index contributed by atoms with van der Waals surface area (Å²) in [7, 11) is 3.35. The van der Waals surface area contributed by atoms with Crippen LogP contribution in [0.1, 0.15) is 12.0 Å². The molecule has 0 saturated heterocycles. The van der Waals surface area contributed by atoms with E-state index in [1.165, 1.54) is 6.07 Å². The normalized spacial score (nSPS) is 10.9. The van der Waals surface area contributed by atoms with Crippen LogP contribution in [-0.2, 0) is 16.0 Å². The maximum Gasteiger partial charge on any atom is 0.128 e. The lowest BCUT2D eigenvalue weighted by Crippen LogP contribution is -2.19. The molecule has 0 aromatic heterocycles. The van der Waals surface area contributed by atoms with Gasteiger partial charge in [-0.05, 0) is 18.6 Å². The third kappa shape index (κ3) is 6.38. The zero-order valence-corrected chi connectivity index (χ0v) is 12.4. The van der Waals surface area contributed by atoms with Gasteiger partial charge in [0.25, 0.3) is 0 Å². The smallest absolute Gasteiger partial charge is 0.128 e. The molecule has 1 aromatic carbocycles. The van der Waals surface area contributed by atoms with Gasteiger partial charge in [0.2, 0.25) is 0 Å². The van der Waals surface area contributed by atoms with Gasteiger partial charge in [0.15, 0.2) is 0 Å². The highest BCUT2D eigenvalue weighted by Gasteiger charge is 2.08. The average molecular weight is 287 g/mol. The van der Waals surface area contributed by atoms with E-state index < -0.39 is 0 Å². The van der Waals surface area contributed by atoms with Gasteiger partial charge in [0, 0.05) is 50.1 Å². The van der Waals surface area contributed by atoms with Gasteiger partial charge in [0.1, 0.15) is 5.82 Å². The summed E-state index contributed by atoms with van der Waals surface area (Å²) in [5.74, 6) is 0.782. The van der Waals surface area contributed by atoms with E-state index in [1.54, 1.807) is 32.0 Å². The molecule has 0 heterocycles. The van der Waals surface area contributed by atoms with Crippen molar-refractivity contribution in [2.24, 2.45) is 0 Å². The topological polar surface area (TPSA) is 30.5 Å². The Morgan fingerprint density at radius 3 is 2.74 bits per heavy atom. The molecule has 0 spiro atoms. The second-order valence-electron chi connectivity index (χ2n) is 4.08. The third-order valence-corrected chi connectivity index (χ3v) is 3.80. The summed E-state index contributed by atoms with van der Waals surface area (Å²) >= 11 is 1.67. The Kier molecular flexibility index (Phi) is 8.82. The summed E-state index contributed by atoms with van der Waals surface area (Å²) in [5.41, 5.74) is 0.737. The van der Waals surface area contributed by atoms with Crippen molar-refractivity contribution >= 4 is 11.8 Å². The fourth-order valence-electron chi connectivity index (χ4n) is 1.62. The van der Waals surface area contributed by atoms with Gasteiger partial charge < -0.3 is 14.8 Å². The Labute approximate surface area is 118 Å². The molecule has 1 N–H and O–H groups in total. The molecule has 0 radical (unpaired) electrons. The monoisotopic (exact) mass is 287 g/mol. The van der Waals surface area contributed by atoms with Crippen molar-refractivity contribution in [2.45, 2.75) is 17.9 Å². The predicted molar refractivity (Wildman–Crippen MR) is 77.2 cm³/mol. The summed E-state index contributed by atoms with van der Waals surface area (Å²) in [6.07, 6.45) is 0.966. The lowest BCUT2D eigenvalue weighted by atomic mass is 10.2. The number of ether oxygens (including phenoxy) is 2. The van der Waals surface area contributed by atoms with Crippen LogP contribution in [-0.4, -0.2) is 39.7 Å². The van der Waals surface area contributed by atoms with Crippen LogP contribution in [0.3, 0.4) is 0 Å². The minimum Gasteiger partial charge on any atom is -0.385 e. The number of nitrogens with one attached hydrogen (secondary N) is 1. The number of hydrogen-bond donors (Lipinski definition) is 1. The Hall–Kier alpha value is -0.620. The van der Waals surface area contributed by atoms with Crippen molar-refractivity contribution in [1.29, 1.82) is 0 Å². The van der Waals surface area contributed by atoms with Crippen molar-refractivity contribution in [2.75, 3.05) is 39.7 Å². The first kappa shape index (κ1) is 16.4. The largest absolute Gasteiger partial charge is 0.385 e. The van der Waals surface area contributed by atoms with Crippen LogP contribution in [0.15, 0.2) is 23.1 Å². The fourth-order valence-corrected chi connectivity index (χ4v) is 2.62. The van der Waals surface area contributed by atoms with Crippen molar-refractivity contribution in [3.63, 3.8) is 0 Å². The van der Waals surface area contributed by atoms with Crippen molar-refractivity contribution in [3.8, 4) is 0 Å². The summed E-state index contributed by atoms with van der Waals surface area (Å²) in [4.78, 5) is 1.00. The van der Waals surface area contributed by atoms with E-state index in [0.29, 0.717) is 13.2 Å². The van der Waals surface area contributed by atoms with Crippen LogP contribution < -0.4 is 5.32 Å². The van der Waals surface area contributed by atoms with Gasteiger partial charge >= 0.3 is 0 Å². The molecule has 0 bridgehead atoms. The van der Waals surface area contributed by atoms with Gasteiger partial charge in [-0.25, -0.2) is 4.39 Å². The van der Waals surface area contributed by atoms with E-state index in [-0.39, 0.29) is 5.82 Å². The molecule has 108 valence electrons. The van der Waals surface area contributed by atoms with Crippen LogP contribution >= 0.6 is 11.8 Å². The summed E-state index contributed by atoms with van der Waals surface area (Å²) in [6, 6.07) is 5.23. The molecule has 1 rings (SSSR count). The quantitative estimate of drug-likeness (QED) is 0.529. The molecule has 0 unspecified atom stereocenters. The Bertz CT molecular complexity index is 363. The summed E-state index contributed by atoms with van der Waals surface area (Å²) < 4.78 is 23.8. The van der Waals surface area contributed by atoms with Crippen LogP contribution in [0, 0.1) is 5.82 Å². The number of benzene rings is 1. The Morgan fingerprint density at radius 2 is 2.00 bits per heavy atom. The highest BCUT2D eigenvalue weighted by atomic mass is 32.2. The van der Waals surface area contributed by atoms with Gasteiger partial charge in [-0.15, -0.1) is 11.8 Å². The van der Waals surface area contributed by atoms with Crippen molar-refractivity contribution < 1.29 is 13.9 Å². The van der Waals surface area contributed by atoms with Gasteiger partial charge in [0.05, 0.1) is 6.61 Å². The molecule has 0 amide bonds. The molecule has 0 fully saturated rings. The molecule has 0 atom stereocenters. The molecule has 0 saturated carbocycles. The first-order valence-electron chi connectivity index (χ1n) is 6.38. The van der Waals surface area contributed by atoms with E-state index in [4.69, 9.17) is 9.47 Å². The number of halogens is 1. The number of hydrogen-bond acceptors (Lipinski definition) is 4. The maximum absolute atomic E-state index is 13.8. The van der Waals surface area contributed by atoms with E-state index in [2.05, 4.69) is 5.32 Å². The molecule has 3 nitrogen and oxygen atoms in total. The fraction of sp³-hybridized carbons (Fsp3) is 0.571. The Balaban J connectivity index is 2.51. The molecular weight excluding hydrogens is 265 g/mol. The highest BCUT2D eigenvalue weighted by molar-refractivity contribution is 7.99. The van der Waals surface area contributed by atoms with E-state index in [9.17, 15) is 4.39 Å². The average Bonchev–Trinajstić information content (AvgIpc) is 2.42. The van der Waals surface area contributed by atoms with Gasteiger partial charge in [-0.1, -0.05) is 6.07 Å². The number of thioether (sulfide) groups is 1. The number of methoxy groups -OCH3 is 2. The van der Waals surface area contributed by atoms with Crippen molar-refractivity contribution in [3.05, 3.63) is 29.6 Å². The van der Waals surface area contributed by atoms with E-state index in [0.717, 1.165) is 35.8 Å². The molecule has 5 heteroatoms. The minimum absolute atomic E-state index is 0.151. The molecule has 19 heavy (non-hydrogen) atoms. The second-order valence-corrected chi connectivity index (χ2v) is 5.22. The lowest BCUT2D eigenvalue weighted by Gasteiger charge is -2.11. The van der Waals surface area contributed by atoms with Gasteiger partial charge in [-0.2, -0.15) is 0 Å². The molecular formula is C14H22FNO2S. The molecule has 0 aliphatic carbocycles. The minimum atomic E-state index is -0.151. The van der Waals surface area contributed by atoms with E-state index >= 15 is 0 Å².